The molecule has 0 aliphatic heterocycles. The van der Waals surface area contributed by atoms with E-state index in [4.69, 9.17) is 0 Å². The van der Waals surface area contributed by atoms with Crippen molar-refractivity contribution < 1.29 is 89.0 Å². The van der Waals surface area contributed by atoms with Crippen molar-refractivity contribution in [2.75, 3.05) is 0 Å². The minimum Gasteiger partial charge on any atom is -0.452 e. The highest BCUT2D eigenvalue weighted by Crippen LogP contribution is 2.64. The monoisotopic (exact) mass is 672 g/mol. The Bertz CT molecular complexity index is 1350. The lowest BCUT2D eigenvalue weighted by atomic mass is 9.88. The average molecular weight is 672 g/mol. The fraction of sp³-hybridized carbons (Fsp3) is 0.417. The van der Waals surface area contributed by atoms with Crippen LogP contribution in [0.2, 0.25) is 0 Å². The van der Waals surface area contributed by atoms with Gasteiger partial charge in [0, 0.05) is 11.1 Å². The highest BCUT2D eigenvalue weighted by Gasteiger charge is 2.95. The van der Waals surface area contributed by atoms with Gasteiger partial charge in [-0.15, -0.1) is 0 Å². The molecule has 0 heterocycles. The number of hydrogen-bond acceptors (Lipinski definition) is 3. The molecule has 0 saturated carbocycles. The van der Waals surface area contributed by atoms with Gasteiger partial charge in [-0.1, -0.05) is 42.5 Å². The molecule has 0 spiro atoms. The number of hydrogen-bond donors (Lipinski definition) is 0. The molecule has 1 atom stereocenters. The first kappa shape index (κ1) is 36.6. The van der Waals surface area contributed by atoms with E-state index in [0.717, 1.165) is 12.1 Å². The van der Waals surface area contributed by atoms with Gasteiger partial charge in [-0.25, -0.2) is 4.79 Å². The van der Waals surface area contributed by atoms with Crippen LogP contribution in [0.15, 0.2) is 54.6 Å². The average Bonchev–Trinajstić information content (AvgIpc) is 2.91. The SMILES string of the molecule is CC(OC(=O)c1ccc(C(=O)c2ccccc2)cc1)C(F)(F)C(F)(F)C(F)(F)C(F)(F)C(F)(F)C(F)(F)C(F)(F)C(F)(F)F. The standard InChI is InChI=1S/C24H13F17O3/c1-11(44-16(43)14-9-7-13(8-10-14)15(42)12-5-3-2-4-6-12)17(25,26)18(27,28)19(29,30)20(31,32)21(33,34)22(35,36)23(37,38)24(39,40)41/h2-11H,1H3. The Morgan fingerprint density at radius 1 is 0.500 bits per heavy atom. The highest BCUT2D eigenvalue weighted by molar-refractivity contribution is 6.09. The van der Waals surface area contributed by atoms with E-state index < -0.39 is 78.0 Å². The Hall–Kier alpha value is -3.61. The van der Waals surface area contributed by atoms with E-state index in [9.17, 15) is 84.2 Å². The molecule has 0 amide bonds. The van der Waals surface area contributed by atoms with Gasteiger partial charge in [-0.2, -0.15) is 74.6 Å². The molecule has 2 aromatic carbocycles. The van der Waals surface area contributed by atoms with Crippen molar-refractivity contribution in [1.29, 1.82) is 0 Å². The second kappa shape index (κ2) is 11.1. The smallest absolute Gasteiger partial charge is 0.452 e. The number of halogens is 17. The number of carbonyl (C=O) groups excluding carboxylic acids is 2. The summed E-state index contributed by atoms with van der Waals surface area (Å²) in [4.78, 5) is 24.4. The van der Waals surface area contributed by atoms with Crippen LogP contribution in [0.5, 0.6) is 0 Å². The van der Waals surface area contributed by atoms with Gasteiger partial charge in [-0.05, 0) is 19.1 Å². The van der Waals surface area contributed by atoms with E-state index in [1.807, 2.05) is 0 Å². The van der Waals surface area contributed by atoms with Crippen LogP contribution in [-0.4, -0.2) is 65.5 Å². The van der Waals surface area contributed by atoms with E-state index in [1.54, 1.807) is 6.07 Å². The maximum absolute atomic E-state index is 14.3. The van der Waals surface area contributed by atoms with Gasteiger partial charge in [0.15, 0.2) is 11.9 Å². The van der Waals surface area contributed by atoms with Gasteiger partial charge in [0.25, 0.3) is 0 Å². The molecule has 0 aliphatic carbocycles. The van der Waals surface area contributed by atoms with E-state index in [1.165, 1.54) is 24.3 Å². The quantitative estimate of drug-likeness (QED) is 0.137. The predicted octanol–water partition coefficient (Wildman–Crippen LogP) is 8.47. The second-order valence-electron chi connectivity index (χ2n) is 8.89. The molecule has 1 unspecified atom stereocenters. The molecule has 2 rings (SSSR count). The van der Waals surface area contributed by atoms with Crippen LogP contribution in [0.3, 0.4) is 0 Å². The molecular formula is C24H13F17O3. The third-order valence-corrected chi connectivity index (χ3v) is 5.96. The lowest BCUT2D eigenvalue weighted by Gasteiger charge is -2.43. The molecule has 0 fully saturated rings. The first-order valence-electron chi connectivity index (χ1n) is 11.2. The van der Waals surface area contributed by atoms with Crippen molar-refractivity contribution in [2.24, 2.45) is 0 Å². The molecule has 0 aliphatic rings. The van der Waals surface area contributed by atoms with Gasteiger partial charge < -0.3 is 4.74 Å². The molecule has 2 aromatic rings. The summed E-state index contributed by atoms with van der Waals surface area (Å²) in [6.45, 7) is -0.391. The molecule has 0 bridgehead atoms. The van der Waals surface area contributed by atoms with Crippen LogP contribution < -0.4 is 0 Å². The minimum atomic E-state index is -8.76. The van der Waals surface area contributed by atoms with Gasteiger partial charge in [0.05, 0.1) is 5.56 Å². The highest BCUT2D eigenvalue weighted by atomic mass is 19.4. The molecule has 0 aromatic heterocycles. The van der Waals surface area contributed by atoms with E-state index in [-0.39, 0.29) is 11.1 Å². The number of benzene rings is 2. The first-order valence-corrected chi connectivity index (χ1v) is 11.2. The van der Waals surface area contributed by atoms with Gasteiger partial charge in [0.2, 0.25) is 0 Å². The van der Waals surface area contributed by atoms with Crippen LogP contribution in [0.25, 0.3) is 0 Å². The molecule has 44 heavy (non-hydrogen) atoms. The third-order valence-electron chi connectivity index (χ3n) is 5.96. The number of ketones is 1. The summed E-state index contributed by atoms with van der Waals surface area (Å²) in [5.74, 6) is -60.6. The summed E-state index contributed by atoms with van der Waals surface area (Å²) < 4.78 is 232. The van der Waals surface area contributed by atoms with Crippen LogP contribution in [-0.2, 0) is 4.74 Å². The lowest BCUT2D eigenvalue weighted by Crippen LogP contribution is -2.75. The van der Waals surface area contributed by atoms with E-state index in [0.29, 0.717) is 12.1 Å². The Morgan fingerprint density at radius 2 is 0.841 bits per heavy atom. The normalized spacial score (nSPS) is 15.1. The Morgan fingerprint density at radius 3 is 1.25 bits per heavy atom. The molecule has 246 valence electrons. The summed E-state index contributed by atoms with van der Waals surface area (Å²) in [6.07, 6.45) is -11.9. The second-order valence-corrected chi connectivity index (χ2v) is 8.89. The molecule has 3 nitrogen and oxygen atoms in total. The van der Waals surface area contributed by atoms with Crippen molar-refractivity contribution in [3.05, 3.63) is 71.3 Å². The largest absolute Gasteiger partial charge is 0.460 e. The van der Waals surface area contributed by atoms with E-state index >= 15 is 0 Å². The molecular weight excluding hydrogens is 659 g/mol. The van der Waals surface area contributed by atoms with Crippen LogP contribution in [0.1, 0.15) is 33.2 Å². The maximum Gasteiger partial charge on any atom is 0.460 e. The van der Waals surface area contributed by atoms with Crippen molar-refractivity contribution in [3.8, 4) is 0 Å². The molecule has 0 N–H and O–H groups in total. The fourth-order valence-electron chi connectivity index (χ4n) is 3.25. The summed E-state index contributed by atoms with van der Waals surface area (Å²) in [5.41, 5.74) is -0.923. The molecule has 0 saturated heterocycles. The number of carbonyl (C=O) groups is 2. The van der Waals surface area contributed by atoms with Crippen molar-refractivity contribution in [1.82, 2.24) is 0 Å². The zero-order valence-corrected chi connectivity index (χ0v) is 20.9. The summed E-state index contributed by atoms with van der Waals surface area (Å²) >= 11 is 0. The van der Waals surface area contributed by atoms with Gasteiger partial charge in [-0.3, -0.25) is 4.79 Å². The Kier molecular flexibility index (Phi) is 9.21. The maximum atomic E-state index is 14.3. The van der Waals surface area contributed by atoms with Crippen molar-refractivity contribution in [3.63, 3.8) is 0 Å². The van der Waals surface area contributed by atoms with Crippen LogP contribution in [0.4, 0.5) is 74.6 Å². The van der Waals surface area contributed by atoms with E-state index in [2.05, 4.69) is 4.74 Å². The number of rotatable bonds is 11. The van der Waals surface area contributed by atoms with Crippen LogP contribution >= 0.6 is 0 Å². The topological polar surface area (TPSA) is 43.4 Å². The summed E-state index contributed by atoms with van der Waals surface area (Å²) in [7, 11) is 0. The minimum absolute atomic E-state index is 0.113. The Balaban J connectivity index is 2.38. The third kappa shape index (κ3) is 5.43. The lowest BCUT2D eigenvalue weighted by molar-refractivity contribution is -0.463. The zero-order valence-electron chi connectivity index (χ0n) is 20.9. The number of ether oxygens (including phenoxy) is 1. The van der Waals surface area contributed by atoms with Crippen molar-refractivity contribution in [2.45, 2.75) is 60.7 Å². The number of esters is 1. The van der Waals surface area contributed by atoms with Crippen molar-refractivity contribution >= 4 is 11.8 Å². The zero-order chi connectivity index (χ0) is 34.5. The summed E-state index contributed by atoms with van der Waals surface area (Å²) in [5, 5.41) is 0. The Labute approximate surface area is 233 Å². The summed E-state index contributed by atoms with van der Waals surface area (Å²) in [6, 6.07) is 10.2. The fourth-order valence-corrected chi connectivity index (χ4v) is 3.25. The number of alkyl halides is 17. The first-order chi connectivity index (χ1) is 19.5. The van der Waals surface area contributed by atoms with Gasteiger partial charge in [0.1, 0.15) is 0 Å². The molecule has 0 radical (unpaired) electrons. The van der Waals surface area contributed by atoms with Gasteiger partial charge >= 0.3 is 53.6 Å². The van der Waals surface area contributed by atoms with Crippen LogP contribution in [0, 0.1) is 0 Å². The predicted molar refractivity (Wildman–Crippen MR) is 112 cm³/mol. The molecule has 20 heteroatoms.